The van der Waals surface area contributed by atoms with E-state index in [1.165, 1.54) is 11.3 Å². The average Bonchev–Trinajstić information content (AvgIpc) is 2.94. The van der Waals surface area contributed by atoms with Gasteiger partial charge in [0.15, 0.2) is 0 Å². The molecule has 24 heavy (non-hydrogen) atoms. The topological polar surface area (TPSA) is 44.9 Å². The van der Waals surface area contributed by atoms with Gasteiger partial charge in [0.1, 0.15) is 0 Å². The number of carbonyl (C=O) groups excluding carboxylic acids is 1. The van der Waals surface area contributed by atoms with Gasteiger partial charge in [-0.15, -0.1) is 0 Å². The number of benzene rings is 2. The first-order valence-electron chi connectivity index (χ1n) is 8.27. The van der Waals surface area contributed by atoms with E-state index >= 15 is 0 Å². The highest BCUT2D eigenvalue weighted by Crippen LogP contribution is 2.33. The number of halogens is 1. The Hall–Kier alpha value is -2.26. The lowest BCUT2D eigenvalue weighted by Crippen LogP contribution is -2.28. The molecule has 3 aromatic rings. The number of nitrogens with one attached hydrogen (secondary N) is 2. The number of aromatic nitrogens is 1. The number of para-hydroxylation sites is 1. The predicted octanol–water partition coefficient (Wildman–Crippen LogP) is 4.87. The van der Waals surface area contributed by atoms with Gasteiger partial charge in [0, 0.05) is 33.2 Å². The Morgan fingerprint density at radius 3 is 2.92 bits per heavy atom. The zero-order valence-electron chi connectivity index (χ0n) is 13.5. The van der Waals surface area contributed by atoms with Crippen LogP contribution in [0.15, 0.2) is 42.5 Å². The van der Waals surface area contributed by atoms with Crippen molar-refractivity contribution in [2.75, 3.05) is 5.32 Å². The van der Waals surface area contributed by atoms with Gasteiger partial charge < -0.3 is 10.3 Å². The third-order valence-corrected chi connectivity index (χ3v) is 5.16. The Labute approximate surface area is 146 Å². The zero-order valence-corrected chi connectivity index (χ0v) is 14.3. The quantitative estimate of drug-likeness (QED) is 0.687. The van der Waals surface area contributed by atoms with E-state index in [0.29, 0.717) is 0 Å². The number of rotatable bonds is 2. The van der Waals surface area contributed by atoms with E-state index in [1.807, 2.05) is 49.4 Å². The van der Waals surface area contributed by atoms with Crippen molar-refractivity contribution in [2.45, 2.75) is 26.2 Å². The number of aryl methyl sites for hydroxylation is 2. The molecular weight excluding hydrogens is 320 g/mol. The molecule has 1 amide bonds. The summed E-state index contributed by atoms with van der Waals surface area (Å²) in [5.41, 5.74) is 5.57. The molecule has 0 bridgehead atoms. The highest BCUT2D eigenvalue weighted by molar-refractivity contribution is 6.31. The molecule has 1 unspecified atom stereocenters. The third kappa shape index (κ3) is 2.69. The van der Waals surface area contributed by atoms with Gasteiger partial charge in [-0.1, -0.05) is 29.8 Å². The number of fused-ring (bicyclic) bond motifs is 3. The van der Waals surface area contributed by atoms with Crippen LogP contribution >= 0.6 is 11.6 Å². The smallest absolute Gasteiger partial charge is 0.227 e. The molecule has 1 aliphatic rings. The number of H-pyrrole nitrogens is 1. The second kappa shape index (κ2) is 5.99. The van der Waals surface area contributed by atoms with Gasteiger partial charge in [-0.2, -0.15) is 0 Å². The van der Waals surface area contributed by atoms with E-state index in [4.69, 9.17) is 11.6 Å². The van der Waals surface area contributed by atoms with Crippen LogP contribution in [0.2, 0.25) is 5.02 Å². The number of hydrogen-bond acceptors (Lipinski definition) is 1. The number of hydrogen-bond donors (Lipinski definition) is 2. The minimum atomic E-state index is -0.00455. The Morgan fingerprint density at radius 2 is 2.08 bits per heavy atom. The molecule has 4 heteroatoms. The fourth-order valence-electron chi connectivity index (χ4n) is 3.56. The lowest BCUT2D eigenvalue weighted by atomic mass is 9.85. The molecule has 0 saturated carbocycles. The maximum Gasteiger partial charge on any atom is 0.227 e. The van der Waals surface area contributed by atoms with E-state index in [-0.39, 0.29) is 11.8 Å². The highest BCUT2D eigenvalue weighted by Gasteiger charge is 2.27. The van der Waals surface area contributed by atoms with Crippen LogP contribution in [0.1, 0.15) is 23.2 Å². The van der Waals surface area contributed by atoms with Gasteiger partial charge >= 0.3 is 0 Å². The van der Waals surface area contributed by atoms with E-state index in [9.17, 15) is 4.79 Å². The monoisotopic (exact) mass is 338 g/mol. The maximum atomic E-state index is 12.7. The molecule has 2 N–H and O–H groups in total. The first kappa shape index (κ1) is 15.3. The Balaban J connectivity index is 1.59. The number of aromatic amines is 1. The van der Waals surface area contributed by atoms with Crippen LogP contribution in [0.3, 0.4) is 0 Å². The van der Waals surface area contributed by atoms with E-state index < -0.39 is 0 Å². The number of amides is 1. The molecule has 0 saturated heterocycles. The summed E-state index contributed by atoms with van der Waals surface area (Å²) >= 11 is 6.15. The summed E-state index contributed by atoms with van der Waals surface area (Å²) in [6.45, 7) is 2.01. The molecule has 0 fully saturated rings. The van der Waals surface area contributed by atoms with Crippen LogP contribution in [0.4, 0.5) is 5.69 Å². The van der Waals surface area contributed by atoms with Crippen molar-refractivity contribution < 1.29 is 4.79 Å². The SMILES string of the molecule is Cc1ccccc1NC(=O)C1CCc2[nH]c3ccc(Cl)cc3c2C1. The Bertz CT molecular complexity index is 929. The highest BCUT2D eigenvalue weighted by atomic mass is 35.5. The van der Waals surface area contributed by atoms with Crippen LogP contribution < -0.4 is 5.32 Å². The summed E-state index contributed by atoms with van der Waals surface area (Å²) in [5.74, 6) is 0.0985. The summed E-state index contributed by atoms with van der Waals surface area (Å²) in [7, 11) is 0. The van der Waals surface area contributed by atoms with Crippen LogP contribution in [0.5, 0.6) is 0 Å². The molecule has 1 heterocycles. The van der Waals surface area contributed by atoms with E-state index in [1.54, 1.807) is 0 Å². The lowest BCUT2D eigenvalue weighted by Gasteiger charge is -2.22. The van der Waals surface area contributed by atoms with Crippen molar-refractivity contribution in [3.63, 3.8) is 0 Å². The van der Waals surface area contributed by atoms with Crippen molar-refractivity contribution in [1.29, 1.82) is 0 Å². The summed E-state index contributed by atoms with van der Waals surface area (Å²) in [4.78, 5) is 16.2. The molecule has 1 aliphatic carbocycles. The van der Waals surface area contributed by atoms with Crippen molar-refractivity contribution in [2.24, 2.45) is 5.92 Å². The van der Waals surface area contributed by atoms with Gasteiger partial charge in [-0.05, 0) is 61.6 Å². The largest absolute Gasteiger partial charge is 0.358 e. The van der Waals surface area contributed by atoms with Gasteiger partial charge in [0.2, 0.25) is 5.91 Å². The summed E-state index contributed by atoms with van der Waals surface area (Å²) in [5, 5.41) is 4.96. The van der Waals surface area contributed by atoms with Gasteiger partial charge in [0.05, 0.1) is 0 Å². The predicted molar refractivity (Wildman–Crippen MR) is 98.6 cm³/mol. The Morgan fingerprint density at radius 1 is 1.25 bits per heavy atom. The fourth-order valence-corrected chi connectivity index (χ4v) is 3.73. The third-order valence-electron chi connectivity index (χ3n) is 4.92. The molecule has 122 valence electrons. The first-order valence-corrected chi connectivity index (χ1v) is 8.65. The Kier molecular flexibility index (Phi) is 3.81. The fraction of sp³-hybridized carbons (Fsp3) is 0.250. The summed E-state index contributed by atoms with van der Waals surface area (Å²) < 4.78 is 0. The van der Waals surface area contributed by atoms with Gasteiger partial charge in [-0.3, -0.25) is 4.79 Å². The van der Waals surface area contributed by atoms with Crippen LogP contribution in [0.25, 0.3) is 10.9 Å². The molecule has 0 radical (unpaired) electrons. The minimum absolute atomic E-state index is 0.00455. The van der Waals surface area contributed by atoms with Gasteiger partial charge in [0.25, 0.3) is 0 Å². The van der Waals surface area contributed by atoms with Crippen LogP contribution in [0, 0.1) is 12.8 Å². The van der Waals surface area contributed by atoms with Crippen molar-refractivity contribution in [3.8, 4) is 0 Å². The van der Waals surface area contributed by atoms with Crippen LogP contribution in [-0.4, -0.2) is 10.9 Å². The molecule has 0 aliphatic heterocycles. The second-order valence-electron chi connectivity index (χ2n) is 6.52. The average molecular weight is 339 g/mol. The first-order chi connectivity index (χ1) is 11.6. The minimum Gasteiger partial charge on any atom is -0.358 e. The molecular formula is C20H19ClN2O. The van der Waals surface area contributed by atoms with Crippen molar-refractivity contribution in [1.82, 2.24) is 4.98 Å². The normalized spacial score (nSPS) is 16.8. The molecule has 3 nitrogen and oxygen atoms in total. The molecule has 2 aromatic carbocycles. The standard InChI is InChI=1S/C20H19ClN2O/c1-12-4-2-3-5-17(12)23-20(24)13-6-8-18-15(10-13)16-11-14(21)7-9-19(16)22-18/h2-5,7,9,11,13,22H,6,8,10H2,1H3,(H,23,24). The zero-order chi connectivity index (χ0) is 16.7. The summed E-state index contributed by atoms with van der Waals surface area (Å²) in [6.07, 6.45) is 2.52. The molecule has 0 spiro atoms. The number of carbonyl (C=O) groups is 1. The van der Waals surface area contributed by atoms with Crippen molar-refractivity contribution >= 4 is 34.1 Å². The molecule has 1 aromatic heterocycles. The van der Waals surface area contributed by atoms with Crippen molar-refractivity contribution in [3.05, 3.63) is 64.3 Å². The van der Waals surface area contributed by atoms with Gasteiger partial charge in [-0.25, -0.2) is 0 Å². The molecule has 1 atom stereocenters. The summed E-state index contributed by atoms with van der Waals surface area (Å²) in [6, 6.07) is 13.8. The van der Waals surface area contributed by atoms with E-state index in [2.05, 4.69) is 10.3 Å². The maximum absolute atomic E-state index is 12.7. The van der Waals surface area contributed by atoms with E-state index in [0.717, 1.165) is 46.4 Å². The molecule has 4 rings (SSSR count). The van der Waals surface area contributed by atoms with Crippen LogP contribution in [-0.2, 0) is 17.6 Å². The second-order valence-corrected chi connectivity index (χ2v) is 6.95. The number of anilines is 1. The lowest BCUT2D eigenvalue weighted by molar-refractivity contribution is -0.120.